The van der Waals surface area contributed by atoms with Crippen molar-refractivity contribution in [3.63, 3.8) is 0 Å². The van der Waals surface area contributed by atoms with Crippen molar-refractivity contribution in [2.24, 2.45) is 5.10 Å². The first-order valence-corrected chi connectivity index (χ1v) is 9.52. The second kappa shape index (κ2) is 8.33. The third-order valence-electron chi connectivity index (χ3n) is 3.76. The van der Waals surface area contributed by atoms with Crippen LogP contribution >= 0.6 is 27.3 Å². The van der Waals surface area contributed by atoms with Gasteiger partial charge in [0.05, 0.1) is 25.6 Å². The zero-order valence-corrected chi connectivity index (χ0v) is 17.0. The molecular formula is C19H18BrN3O2S. The van der Waals surface area contributed by atoms with Gasteiger partial charge in [-0.05, 0) is 37.3 Å². The van der Waals surface area contributed by atoms with E-state index in [1.54, 1.807) is 14.2 Å². The van der Waals surface area contributed by atoms with Gasteiger partial charge in [-0.1, -0.05) is 28.1 Å². The second-order valence-corrected chi connectivity index (χ2v) is 7.20. The predicted octanol–water partition coefficient (Wildman–Crippen LogP) is 5.43. The van der Waals surface area contributed by atoms with Crippen LogP contribution in [0.5, 0.6) is 11.5 Å². The summed E-state index contributed by atoms with van der Waals surface area (Å²) in [5.41, 5.74) is 6.78. The summed E-state index contributed by atoms with van der Waals surface area (Å²) in [6.45, 7) is 1.93. The van der Waals surface area contributed by atoms with E-state index in [0.717, 1.165) is 32.1 Å². The van der Waals surface area contributed by atoms with Crippen LogP contribution in [0.15, 0.2) is 57.4 Å². The van der Waals surface area contributed by atoms with E-state index in [1.165, 1.54) is 11.3 Å². The zero-order chi connectivity index (χ0) is 18.5. The number of aromatic nitrogens is 1. The van der Waals surface area contributed by atoms with E-state index in [2.05, 4.69) is 31.4 Å². The minimum atomic E-state index is 0.673. The molecule has 26 heavy (non-hydrogen) atoms. The number of thiazole rings is 1. The van der Waals surface area contributed by atoms with Gasteiger partial charge in [0.25, 0.3) is 0 Å². The number of benzene rings is 2. The van der Waals surface area contributed by atoms with Crippen LogP contribution in [0.1, 0.15) is 12.5 Å². The average molecular weight is 432 g/mol. The molecule has 0 atom stereocenters. The van der Waals surface area contributed by atoms with Crippen LogP contribution in [0.25, 0.3) is 11.3 Å². The lowest BCUT2D eigenvalue weighted by molar-refractivity contribution is 0.355. The fourth-order valence-corrected chi connectivity index (χ4v) is 3.26. The first kappa shape index (κ1) is 18.4. The molecule has 0 aliphatic carbocycles. The molecule has 5 nitrogen and oxygen atoms in total. The summed E-state index contributed by atoms with van der Waals surface area (Å²) in [4.78, 5) is 4.58. The van der Waals surface area contributed by atoms with Crippen LogP contribution in [-0.4, -0.2) is 24.9 Å². The van der Waals surface area contributed by atoms with Crippen LogP contribution in [0.3, 0.4) is 0 Å². The van der Waals surface area contributed by atoms with Crippen molar-refractivity contribution in [1.82, 2.24) is 4.98 Å². The molecule has 0 bridgehead atoms. The van der Waals surface area contributed by atoms with Crippen molar-refractivity contribution < 1.29 is 9.47 Å². The first-order valence-electron chi connectivity index (χ1n) is 7.85. The molecular weight excluding hydrogens is 414 g/mol. The van der Waals surface area contributed by atoms with Gasteiger partial charge in [0.15, 0.2) is 11.5 Å². The molecule has 1 aromatic heterocycles. The maximum Gasteiger partial charge on any atom is 0.203 e. The Labute approximate surface area is 164 Å². The fraction of sp³-hybridized carbons (Fsp3) is 0.158. The summed E-state index contributed by atoms with van der Waals surface area (Å²) >= 11 is 4.95. The lowest BCUT2D eigenvalue weighted by Gasteiger charge is -2.09. The summed E-state index contributed by atoms with van der Waals surface area (Å²) in [6, 6.07) is 13.8. The number of hydrogen-bond acceptors (Lipinski definition) is 6. The molecule has 0 saturated heterocycles. The third kappa shape index (κ3) is 4.23. The van der Waals surface area contributed by atoms with Crippen molar-refractivity contribution in [1.29, 1.82) is 0 Å². The van der Waals surface area contributed by atoms with Gasteiger partial charge in [-0.3, -0.25) is 5.43 Å². The number of halogens is 1. The lowest BCUT2D eigenvalue weighted by Crippen LogP contribution is -2.01. The van der Waals surface area contributed by atoms with Gasteiger partial charge in [0.2, 0.25) is 5.13 Å². The standard InChI is InChI=1S/C19H18BrN3O2S/c1-12(14-6-9-17(24-2)18(10-14)25-3)22-23-19-21-16(11-26-19)13-4-7-15(20)8-5-13/h4-11H,1-3H3,(H,21,23)/b22-12-. The van der Waals surface area contributed by atoms with Crippen LogP contribution in [0.4, 0.5) is 5.13 Å². The molecule has 1 heterocycles. The number of hydrazone groups is 1. The van der Waals surface area contributed by atoms with Crippen molar-refractivity contribution in [2.45, 2.75) is 6.92 Å². The topological polar surface area (TPSA) is 55.7 Å². The van der Waals surface area contributed by atoms with Gasteiger partial charge in [-0.25, -0.2) is 4.98 Å². The SMILES string of the molecule is COc1ccc(/C(C)=N\Nc2nc(-c3ccc(Br)cc3)cs2)cc1OC. The van der Waals surface area contributed by atoms with E-state index in [1.807, 2.05) is 54.8 Å². The highest BCUT2D eigenvalue weighted by Gasteiger charge is 2.07. The number of rotatable bonds is 6. The minimum absolute atomic E-state index is 0.673. The number of anilines is 1. The maximum absolute atomic E-state index is 5.34. The van der Waals surface area contributed by atoms with Crippen LogP contribution in [0, 0.1) is 0 Å². The van der Waals surface area contributed by atoms with Gasteiger partial charge in [-0.15, -0.1) is 11.3 Å². The Morgan fingerprint density at radius 3 is 2.50 bits per heavy atom. The van der Waals surface area contributed by atoms with Gasteiger partial charge < -0.3 is 9.47 Å². The van der Waals surface area contributed by atoms with Gasteiger partial charge >= 0.3 is 0 Å². The van der Waals surface area contributed by atoms with E-state index in [9.17, 15) is 0 Å². The molecule has 2 aromatic carbocycles. The third-order valence-corrected chi connectivity index (χ3v) is 5.04. The summed E-state index contributed by atoms with van der Waals surface area (Å²) in [5, 5.41) is 7.17. The number of nitrogens with one attached hydrogen (secondary N) is 1. The Hall–Kier alpha value is -2.38. The molecule has 0 radical (unpaired) electrons. The van der Waals surface area contributed by atoms with E-state index < -0.39 is 0 Å². The molecule has 0 aliphatic rings. The Kier molecular flexibility index (Phi) is 5.90. The molecule has 134 valence electrons. The summed E-state index contributed by atoms with van der Waals surface area (Å²) in [5.74, 6) is 1.36. The van der Waals surface area contributed by atoms with E-state index in [0.29, 0.717) is 11.5 Å². The normalized spacial score (nSPS) is 11.3. The second-order valence-electron chi connectivity index (χ2n) is 5.42. The summed E-state index contributed by atoms with van der Waals surface area (Å²) < 4.78 is 11.6. The highest BCUT2D eigenvalue weighted by atomic mass is 79.9. The molecule has 0 spiro atoms. The molecule has 3 rings (SSSR count). The number of ether oxygens (including phenoxy) is 2. The highest BCUT2D eigenvalue weighted by molar-refractivity contribution is 9.10. The molecule has 0 fully saturated rings. The van der Waals surface area contributed by atoms with Crippen molar-refractivity contribution in [3.8, 4) is 22.8 Å². The Balaban J connectivity index is 1.74. The first-order chi connectivity index (χ1) is 12.6. The molecule has 0 unspecified atom stereocenters. The van der Waals surface area contributed by atoms with Crippen LogP contribution < -0.4 is 14.9 Å². The summed E-state index contributed by atoms with van der Waals surface area (Å²) in [6.07, 6.45) is 0. The average Bonchev–Trinajstić information content (AvgIpc) is 3.15. The minimum Gasteiger partial charge on any atom is -0.493 e. The van der Waals surface area contributed by atoms with Gasteiger partial charge in [-0.2, -0.15) is 5.10 Å². The molecule has 7 heteroatoms. The molecule has 0 amide bonds. The van der Waals surface area contributed by atoms with Gasteiger partial charge in [0.1, 0.15) is 0 Å². The zero-order valence-electron chi connectivity index (χ0n) is 14.6. The molecule has 3 aromatic rings. The van der Waals surface area contributed by atoms with E-state index >= 15 is 0 Å². The van der Waals surface area contributed by atoms with Crippen molar-refractivity contribution in [2.75, 3.05) is 19.6 Å². The Morgan fingerprint density at radius 1 is 1.08 bits per heavy atom. The fourth-order valence-electron chi connectivity index (χ4n) is 2.34. The monoisotopic (exact) mass is 431 g/mol. The van der Waals surface area contributed by atoms with Gasteiger partial charge in [0, 0.05) is 21.0 Å². The number of hydrogen-bond donors (Lipinski definition) is 1. The van der Waals surface area contributed by atoms with E-state index in [4.69, 9.17) is 9.47 Å². The largest absolute Gasteiger partial charge is 0.493 e. The molecule has 0 saturated carbocycles. The Morgan fingerprint density at radius 2 is 1.81 bits per heavy atom. The quantitative estimate of drug-likeness (QED) is 0.417. The van der Waals surface area contributed by atoms with Crippen LogP contribution in [0.2, 0.25) is 0 Å². The number of methoxy groups -OCH3 is 2. The summed E-state index contributed by atoms with van der Waals surface area (Å²) in [7, 11) is 3.23. The van der Waals surface area contributed by atoms with Crippen molar-refractivity contribution >= 4 is 38.1 Å². The van der Waals surface area contributed by atoms with E-state index in [-0.39, 0.29) is 0 Å². The van der Waals surface area contributed by atoms with Crippen LogP contribution in [-0.2, 0) is 0 Å². The smallest absolute Gasteiger partial charge is 0.203 e. The Bertz CT molecular complexity index is 923. The number of nitrogens with zero attached hydrogens (tertiary/aromatic N) is 2. The highest BCUT2D eigenvalue weighted by Crippen LogP contribution is 2.28. The molecule has 1 N–H and O–H groups in total. The maximum atomic E-state index is 5.34. The van der Waals surface area contributed by atoms with Crippen molar-refractivity contribution in [3.05, 3.63) is 57.9 Å². The predicted molar refractivity (Wildman–Crippen MR) is 111 cm³/mol. The molecule has 0 aliphatic heterocycles. The lowest BCUT2D eigenvalue weighted by atomic mass is 10.1.